The van der Waals surface area contributed by atoms with Crippen molar-refractivity contribution in [3.05, 3.63) is 54.6 Å². The molecule has 6 nitrogen and oxygen atoms in total. The summed E-state index contributed by atoms with van der Waals surface area (Å²) in [7, 11) is 0. The average Bonchev–Trinajstić information content (AvgIpc) is 3.09. The highest BCUT2D eigenvalue weighted by atomic mass is 16.5. The Hall–Kier alpha value is -3.15. The monoisotopic (exact) mass is 351 g/mol. The number of hydrogen-bond acceptors (Lipinski definition) is 5. The lowest BCUT2D eigenvalue weighted by molar-refractivity contribution is -0.124. The first-order valence-corrected chi connectivity index (χ1v) is 8.35. The molecule has 0 fully saturated rings. The van der Waals surface area contributed by atoms with Gasteiger partial charge in [-0.15, -0.1) is 0 Å². The van der Waals surface area contributed by atoms with Crippen LogP contribution < -0.4 is 10.1 Å². The van der Waals surface area contributed by atoms with E-state index in [0.29, 0.717) is 23.0 Å². The molecular weight excluding hydrogens is 330 g/mol. The van der Waals surface area contributed by atoms with E-state index in [1.54, 1.807) is 6.07 Å². The van der Waals surface area contributed by atoms with Crippen LogP contribution in [0.4, 0.5) is 0 Å². The Morgan fingerprint density at radius 3 is 2.50 bits per heavy atom. The van der Waals surface area contributed by atoms with Gasteiger partial charge in [-0.2, -0.15) is 4.98 Å². The average molecular weight is 351 g/mol. The fourth-order valence-corrected chi connectivity index (χ4v) is 2.40. The fourth-order valence-electron chi connectivity index (χ4n) is 2.40. The Balaban J connectivity index is 1.78. The van der Waals surface area contributed by atoms with Crippen LogP contribution in [0.15, 0.2) is 59.1 Å². The second kappa shape index (κ2) is 7.39. The van der Waals surface area contributed by atoms with Gasteiger partial charge < -0.3 is 14.6 Å². The van der Waals surface area contributed by atoms with E-state index in [2.05, 4.69) is 15.5 Å². The zero-order valence-electron chi connectivity index (χ0n) is 15.0. The SMILES string of the molecule is CC(C)(C)NC(=O)COc1ccccc1-c1nc(-c2ccccc2)no1. The molecule has 2 aromatic carbocycles. The van der Waals surface area contributed by atoms with Crippen LogP contribution in [-0.4, -0.2) is 28.2 Å². The van der Waals surface area contributed by atoms with Crippen molar-refractivity contribution in [2.24, 2.45) is 0 Å². The molecule has 134 valence electrons. The third kappa shape index (κ3) is 4.47. The molecule has 1 N–H and O–H groups in total. The topological polar surface area (TPSA) is 77.2 Å². The molecule has 0 saturated carbocycles. The molecule has 1 heterocycles. The number of carbonyl (C=O) groups excluding carboxylic acids is 1. The Kier molecular flexibility index (Phi) is 5.02. The molecule has 0 spiro atoms. The minimum absolute atomic E-state index is 0.0893. The molecule has 0 saturated heterocycles. The third-order valence-corrected chi connectivity index (χ3v) is 3.45. The van der Waals surface area contributed by atoms with Crippen LogP contribution in [0.3, 0.4) is 0 Å². The number of hydrogen-bond donors (Lipinski definition) is 1. The molecule has 0 atom stereocenters. The van der Waals surface area contributed by atoms with Crippen molar-refractivity contribution in [1.29, 1.82) is 0 Å². The lowest BCUT2D eigenvalue weighted by atomic mass is 10.1. The van der Waals surface area contributed by atoms with E-state index in [1.165, 1.54) is 0 Å². The molecule has 0 unspecified atom stereocenters. The van der Waals surface area contributed by atoms with Crippen molar-refractivity contribution in [3.8, 4) is 28.6 Å². The summed E-state index contributed by atoms with van der Waals surface area (Å²) in [6.07, 6.45) is 0. The molecule has 3 aromatic rings. The molecule has 0 radical (unpaired) electrons. The van der Waals surface area contributed by atoms with Gasteiger partial charge in [0.1, 0.15) is 5.75 Å². The number of nitrogens with zero attached hydrogens (tertiary/aromatic N) is 2. The molecule has 0 aliphatic carbocycles. The van der Waals surface area contributed by atoms with Crippen molar-refractivity contribution in [3.63, 3.8) is 0 Å². The van der Waals surface area contributed by atoms with Crippen LogP contribution in [0, 0.1) is 0 Å². The highest BCUT2D eigenvalue weighted by molar-refractivity contribution is 5.78. The first kappa shape index (κ1) is 17.7. The summed E-state index contributed by atoms with van der Waals surface area (Å²) < 4.78 is 11.1. The normalized spacial score (nSPS) is 11.2. The number of amides is 1. The summed E-state index contributed by atoms with van der Waals surface area (Å²) in [4.78, 5) is 16.4. The zero-order chi connectivity index (χ0) is 18.6. The van der Waals surface area contributed by atoms with E-state index in [9.17, 15) is 4.79 Å². The van der Waals surface area contributed by atoms with Crippen molar-refractivity contribution >= 4 is 5.91 Å². The highest BCUT2D eigenvalue weighted by Gasteiger charge is 2.17. The van der Waals surface area contributed by atoms with E-state index < -0.39 is 0 Å². The molecule has 1 amide bonds. The fraction of sp³-hybridized carbons (Fsp3) is 0.250. The minimum Gasteiger partial charge on any atom is -0.483 e. The number of nitrogens with one attached hydrogen (secondary N) is 1. The van der Waals surface area contributed by atoms with Crippen LogP contribution in [0.25, 0.3) is 22.8 Å². The predicted octanol–water partition coefficient (Wildman–Crippen LogP) is 3.70. The summed E-state index contributed by atoms with van der Waals surface area (Å²) in [5, 5.41) is 6.89. The largest absolute Gasteiger partial charge is 0.483 e. The Bertz CT molecular complexity index is 883. The van der Waals surface area contributed by atoms with Crippen LogP contribution in [-0.2, 0) is 4.79 Å². The Morgan fingerprint density at radius 1 is 1.08 bits per heavy atom. The van der Waals surface area contributed by atoms with Crippen LogP contribution >= 0.6 is 0 Å². The molecule has 1 aromatic heterocycles. The maximum absolute atomic E-state index is 12.0. The first-order valence-electron chi connectivity index (χ1n) is 8.35. The minimum atomic E-state index is -0.308. The predicted molar refractivity (Wildman–Crippen MR) is 98.6 cm³/mol. The highest BCUT2D eigenvalue weighted by Crippen LogP contribution is 2.30. The van der Waals surface area contributed by atoms with Crippen molar-refractivity contribution in [2.75, 3.05) is 6.61 Å². The number of benzene rings is 2. The standard InChI is InChI=1S/C20H21N3O3/c1-20(2,3)22-17(24)13-25-16-12-8-7-11-15(16)19-21-18(23-26-19)14-9-5-4-6-10-14/h4-12H,13H2,1-3H3,(H,22,24). The lowest BCUT2D eigenvalue weighted by Gasteiger charge is -2.20. The van der Waals surface area contributed by atoms with Gasteiger partial charge in [-0.05, 0) is 32.9 Å². The van der Waals surface area contributed by atoms with Gasteiger partial charge in [-0.25, -0.2) is 0 Å². The van der Waals surface area contributed by atoms with Gasteiger partial charge in [0.25, 0.3) is 11.8 Å². The van der Waals surface area contributed by atoms with Crippen LogP contribution in [0.2, 0.25) is 0 Å². The molecular formula is C20H21N3O3. The zero-order valence-corrected chi connectivity index (χ0v) is 15.0. The van der Waals surface area contributed by atoms with E-state index >= 15 is 0 Å². The lowest BCUT2D eigenvalue weighted by Crippen LogP contribution is -2.43. The van der Waals surface area contributed by atoms with E-state index in [-0.39, 0.29) is 18.1 Å². The Morgan fingerprint density at radius 2 is 1.77 bits per heavy atom. The van der Waals surface area contributed by atoms with Gasteiger partial charge in [0.2, 0.25) is 5.82 Å². The maximum Gasteiger partial charge on any atom is 0.262 e. The molecule has 3 rings (SSSR count). The molecule has 0 aliphatic rings. The summed E-state index contributed by atoms with van der Waals surface area (Å²) in [5.74, 6) is 1.17. The second-order valence-corrected chi connectivity index (χ2v) is 6.87. The summed E-state index contributed by atoms with van der Waals surface area (Å²) in [6.45, 7) is 5.67. The summed E-state index contributed by atoms with van der Waals surface area (Å²) >= 11 is 0. The molecule has 0 aliphatic heterocycles. The van der Waals surface area contributed by atoms with Gasteiger partial charge in [0, 0.05) is 11.1 Å². The van der Waals surface area contributed by atoms with Gasteiger partial charge in [-0.3, -0.25) is 4.79 Å². The number of rotatable bonds is 5. The Labute approximate surface area is 152 Å². The van der Waals surface area contributed by atoms with Crippen molar-refractivity contribution in [1.82, 2.24) is 15.5 Å². The molecule has 6 heteroatoms. The van der Waals surface area contributed by atoms with Crippen molar-refractivity contribution in [2.45, 2.75) is 26.3 Å². The number of aromatic nitrogens is 2. The maximum atomic E-state index is 12.0. The van der Waals surface area contributed by atoms with Gasteiger partial charge in [0.15, 0.2) is 6.61 Å². The summed E-state index contributed by atoms with van der Waals surface area (Å²) in [5.41, 5.74) is 1.20. The number of carbonyl (C=O) groups is 1. The summed E-state index contributed by atoms with van der Waals surface area (Å²) in [6, 6.07) is 16.8. The van der Waals surface area contributed by atoms with Crippen molar-refractivity contribution < 1.29 is 14.1 Å². The van der Waals surface area contributed by atoms with E-state index in [4.69, 9.17) is 9.26 Å². The van der Waals surface area contributed by atoms with E-state index in [0.717, 1.165) is 5.56 Å². The quantitative estimate of drug-likeness (QED) is 0.758. The van der Waals surface area contributed by atoms with Gasteiger partial charge in [0.05, 0.1) is 5.56 Å². The molecule has 26 heavy (non-hydrogen) atoms. The second-order valence-electron chi connectivity index (χ2n) is 6.87. The first-order chi connectivity index (χ1) is 12.4. The number of ether oxygens (including phenoxy) is 1. The van der Waals surface area contributed by atoms with E-state index in [1.807, 2.05) is 69.3 Å². The van der Waals surface area contributed by atoms with Crippen LogP contribution in [0.1, 0.15) is 20.8 Å². The number of para-hydroxylation sites is 1. The third-order valence-electron chi connectivity index (χ3n) is 3.45. The smallest absolute Gasteiger partial charge is 0.262 e. The van der Waals surface area contributed by atoms with Gasteiger partial charge in [-0.1, -0.05) is 47.6 Å². The van der Waals surface area contributed by atoms with Gasteiger partial charge >= 0.3 is 0 Å². The van der Waals surface area contributed by atoms with Crippen LogP contribution in [0.5, 0.6) is 5.75 Å². The molecule has 0 bridgehead atoms.